The fourth-order valence-corrected chi connectivity index (χ4v) is 2.59. The van der Waals surface area contributed by atoms with E-state index >= 15 is 0 Å². The van der Waals surface area contributed by atoms with Crippen LogP contribution in [0.15, 0.2) is 24.3 Å². The zero-order valence-electron chi connectivity index (χ0n) is 9.99. The van der Waals surface area contributed by atoms with E-state index in [1.807, 2.05) is 0 Å². The Morgan fingerprint density at radius 3 is 2.56 bits per heavy atom. The van der Waals surface area contributed by atoms with E-state index in [1.165, 1.54) is 12.1 Å². The van der Waals surface area contributed by atoms with Gasteiger partial charge >= 0.3 is 6.09 Å². The third kappa shape index (κ3) is 1.95. The molecule has 1 aromatic carbocycles. The third-order valence-corrected chi connectivity index (χ3v) is 3.62. The minimum Gasteiger partial charge on any atom is -0.441 e. The van der Waals surface area contributed by atoms with E-state index in [1.54, 1.807) is 17.0 Å². The molecule has 0 radical (unpaired) electrons. The summed E-state index contributed by atoms with van der Waals surface area (Å²) in [5.74, 6) is -0.303. The molecule has 2 saturated heterocycles. The van der Waals surface area contributed by atoms with Crippen LogP contribution in [0.4, 0.5) is 14.9 Å². The SMILES string of the molecule is O=C1OC2(CCNCC2)CN1c1ccc(F)cc1. The first-order chi connectivity index (χ1) is 8.69. The molecule has 4 nitrogen and oxygen atoms in total. The first-order valence-electron chi connectivity index (χ1n) is 6.15. The molecule has 0 bridgehead atoms. The van der Waals surface area contributed by atoms with Crippen LogP contribution in [-0.4, -0.2) is 31.3 Å². The monoisotopic (exact) mass is 250 g/mol. The lowest BCUT2D eigenvalue weighted by atomic mass is 9.92. The summed E-state index contributed by atoms with van der Waals surface area (Å²) in [7, 11) is 0. The van der Waals surface area contributed by atoms with Crippen LogP contribution in [0, 0.1) is 5.82 Å². The predicted molar refractivity (Wildman–Crippen MR) is 65.1 cm³/mol. The van der Waals surface area contributed by atoms with Crippen LogP contribution in [0.25, 0.3) is 0 Å². The summed E-state index contributed by atoms with van der Waals surface area (Å²) < 4.78 is 18.4. The number of rotatable bonds is 1. The molecule has 1 amide bonds. The topological polar surface area (TPSA) is 41.6 Å². The predicted octanol–water partition coefficient (Wildman–Crippen LogP) is 1.90. The van der Waals surface area contributed by atoms with Crippen molar-refractivity contribution in [3.05, 3.63) is 30.1 Å². The van der Waals surface area contributed by atoms with Crippen molar-refractivity contribution in [3.8, 4) is 0 Å². The minimum absolute atomic E-state index is 0.303. The maximum absolute atomic E-state index is 12.9. The molecule has 5 heteroatoms. The fraction of sp³-hybridized carbons (Fsp3) is 0.462. The van der Waals surface area contributed by atoms with Crippen LogP contribution in [0.3, 0.4) is 0 Å². The Balaban J connectivity index is 1.82. The quantitative estimate of drug-likeness (QED) is 0.827. The molecule has 96 valence electrons. The van der Waals surface area contributed by atoms with Gasteiger partial charge in [-0.3, -0.25) is 4.90 Å². The molecule has 18 heavy (non-hydrogen) atoms. The Morgan fingerprint density at radius 1 is 1.22 bits per heavy atom. The van der Waals surface area contributed by atoms with Gasteiger partial charge in [-0.15, -0.1) is 0 Å². The van der Waals surface area contributed by atoms with Gasteiger partial charge in [-0.2, -0.15) is 0 Å². The lowest BCUT2D eigenvalue weighted by molar-refractivity contribution is 0.0316. The standard InChI is InChI=1S/C13H15FN2O2/c14-10-1-3-11(4-2-10)16-9-13(18-12(16)17)5-7-15-8-6-13/h1-4,15H,5-9H2. The Morgan fingerprint density at radius 2 is 1.89 bits per heavy atom. The molecule has 3 rings (SSSR count). The van der Waals surface area contributed by atoms with Gasteiger partial charge in [-0.05, 0) is 37.4 Å². The van der Waals surface area contributed by atoms with Gasteiger partial charge in [0, 0.05) is 18.5 Å². The Hall–Kier alpha value is -1.62. The highest BCUT2D eigenvalue weighted by Crippen LogP contribution is 2.33. The number of hydrogen-bond acceptors (Lipinski definition) is 3. The highest BCUT2D eigenvalue weighted by Gasteiger charge is 2.46. The van der Waals surface area contributed by atoms with Crippen molar-refractivity contribution in [3.63, 3.8) is 0 Å². The van der Waals surface area contributed by atoms with Crippen LogP contribution in [0.2, 0.25) is 0 Å². The summed E-state index contributed by atoms with van der Waals surface area (Å²) >= 11 is 0. The number of benzene rings is 1. The third-order valence-electron chi connectivity index (χ3n) is 3.62. The largest absolute Gasteiger partial charge is 0.441 e. The van der Waals surface area contributed by atoms with E-state index in [0.29, 0.717) is 12.2 Å². The van der Waals surface area contributed by atoms with Gasteiger partial charge in [-0.1, -0.05) is 0 Å². The van der Waals surface area contributed by atoms with Crippen molar-refractivity contribution in [1.82, 2.24) is 5.32 Å². The molecule has 1 spiro atoms. The molecule has 0 atom stereocenters. The number of amides is 1. The number of carbonyl (C=O) groups excluding carboxylic acids is 1. The zero-order valence-corrected chi connectivity index (χ0v) is 9.99. The molecule has 2 fully saturated rings. The number of nitrogens with zero attached hydrogens (tertiary/aromatic N) is 1. The number of piperidine rings is 1. The molecule has 2 aliphatic rings. The van der Waals surface area contributed by atoms with E-state index < -0.39 is 0 Å². The van der Waals surface area contributed by atoms with Gasteiger partial charge in [0.05, 0.1) is 6.54 Å². The summed E-state index contributed by atoms with van der Waals surface area (Å²) in [6, 6.07) is 5.93. The summed E-state index contributed by atoms with van der Waals surface area (Å²) in [6.07, 6.45) is 1.33. The lowest BCUT2D eigenvalue weighted by Crippen LogP contribution is -2.44. The van der Waals surface area contributed by atoms with Crippen molar-refractivity contribution >= 4 is 11.8 Å². The maximum atomic E-state index is 12.9. The molecule has 0 aliphatic carbocycles. The second-order valence-corrected chi connectivity index (χ2v) is 4.86. The highest BCUT2D eigenvalue weighted by molar-refractivity contribution is 5.90. The van der Waals surface area contributed by atoms with Gasteiger partial charge in [0.15, 0.2) is 0 Å². The average molecular weight is 250 g/mol. The van der Waals surface area contributed by atoms with E-state index in [2.05, 4.69) is 5.32 Å². The Bertz CT molecular complexity index is 455. The van der Waals surface area contributed by atoms with Crippen molar-refractivity contribution in [1.29, 1.82) is 0 Å². The average Bonchev–Trinajstić information content (AvgIpc) is 2.68. The smallest absolute Gasteiger partial charge is 0.415 e. The number of nitrogens with one attached hydrogen (secondary N) is 1. The number of anilines is 1. The molecule has 2 aliphatic heterocycles. The first-order valence-corrected chi connectivity index (χ1v) is 6.15. The number of ether oxygens (including phenoxy) is 1. The van der Waals surface area contributed by atoms with Crippen molar-refractivity contribution in [2.24, 2.45) is 0 Å². The zero-order chi connectivity index (χ0) is 12.6. The van der Waals surface area contributed by atoms with Crippen molar-refractivity contribution < 1.29 is 13.9 Å². The summed E-state index contributed by atoms with van der Waals surface area (Å²) in [6.45, 7) is 2.29. The number of hydrogen-bond donors (Lipinski definition) is 1. The van der Waals surface area contributed by atoms with Gasteiger partial charge in [0.2, 0.25) is 0 Å². The molecule has 0 saturated carbocycles. The number of carbonyl (C=O) groups is 1. The van der Waals surface area contributed by atoms with E-state index in [4.69, 9.17) is 4.74 Å². The van der Waals surface area contributed by atoms with Crippen LogP contribution in [-0.2, 0) is 4.74 Å². The van der Waals surface area contributed by atoms with E-state index in [-0.39, 0.29) is 17.5 Å². The highest BCUT2D eigenvalue weighted by atomic mass is 19.1. The molecule has 2 heterocycles. The summed E-state index contributed by atoms with van der Waals surface area (Å²) in [5, 5.41) is 3.25. The van der Waals surface area contributed by atoms with Gasteiger partial charge in [0.1, 0.15) is 11.4 Å². The van der Waals surface area contributed by atoms with Crippen LogP contribution in [0.5, 0.6) is 0 Å². The first kappa shape index (κ1) is 11.5. The van der Waals surface area contributed by atoms with Gasteiger partial charge in [0.25, 0.3) is 0 Å². The minimum atomic E-state index is -0.364. The summed E-state index contributed by atoms with van der Waals surface area (Å²) in [4.78, 5) is 13.5. The fourth-order valence-electron chi connectivity index (χ4n) is 2.59. The lowest BCUT2D eigenvalue weighted by Gasteiger charge is -2.31. The van der Waals surface area contributed by atoms with E-state index in [9.17, 15) is 9.18 Å². The molecule has 0 unspecified atom stereocenters. The summed E-state index contributed by atoms with van der Waals surface area (Å²) in [5.41, 5.74) is 0.327. The van der Waals surface area contributed by atoms with Crippen LogP contribution >= 0.6 is 0 Å². The van der Waals surface area contributed by atoms with Gasteiger partial charge in [-0.25, -0.2) is 9.18 Å². The molecule has 1 N–H and O–H groups in total. The molecular formula is C13H15FN2O2. The second-order valence-electron chi connectivity index (χ2n) is 4.86. The van der Waals surface area contributed by atoms with Crippen molar-refractivity contribution in [2.45, 2.75) is 18.4 Å². The molecular weight excluding hydrogens is 235 g/mol. The van der Waals surface area contributed by atoms with E-state index in [0.717, 1.165) is 25.9 Å². The maximum Gasteiger partial charge on any atom is 0.415 e. The Labute approximate surface area is 105 Å². The second kappa shape index (κ2) is 4.24. The van der Waals surface area contributed by atoms with Crippen LogP contribution < -0.4 is 10.2 Å². The molecule has 1 aromatic rings. The normalized spacial score (nSPS) is 22.3. The van der Waals surface area contributed by atoms with Crippen molar-refractivity contribution in [2.75, 3.05) is 24.5 Å². The Kier molecular flexibility index (Phi) is 2.70. The van der Waals surface area contributed by atoms with Crippen LogP contribution in [0.1, 0.15) is 12.8 Å². The number of halogens is 1. The molecule has 0 aromatic heterocycles. The van der Waals surface area contributed by atoms with Gasteiger partial charge < -0.3 is 10.1 Å².